The van der Waals surface area contributed by atoms with Crippen molar-refractivity contribution in [1.29, 1.82) is 5.26 Å². The number of benzene rings is 1. The number of alkyl halides is 3. The summed E-state index contributed by atoms with van der Waals surface area (Å²) in [5.74, 6) is -2.01. The first-order chi connectivity index (χ1) is 18.5. The van der Waals surface area contributed by atoms with Crippen LogP contribution in [0.4, 0.5) is 13.2 Å². The van der Waals surface area contributed by atoms with E-state index in [2.05, 4.69) is 20.7 Å². The van der Waals surface area contributed by atoms with E-state index in [1.165, 1.54) is 30.5 Å². The fourth-order valence-corrected chi connectivity index (χ4v) is 4.19. The number of pyridine rings is 1. The van der Waals surface area contributed by atoms with E-state index in [4.69, 9.17) is 15.7 Å². The van der Waals surface area contributed by atoms with Gasteiger partial charge in [0.05, 0.1) is 29.4 Å². The summed E-state index contributed by atoms with van der Waals surface area (Å²) in [7, 11) is 0. The Morgan fingerprint density at radius 1 is 1.31 bits per heavy atom. The molecule has 1 aliphatic rings. The molecular weight excluding hydrogens is 519 g/mol. The lowest BCUT2D eigenvalue weighted by Crippen LogP contribution is -2.39. The number of aryl methyl sites for hydroxylation is 1. The zero-order valence-electron chi connectivity index (χ0n) is 20.5. The van der Waals surface area contributed by atoms with Crippen molar-refractivity contribution in [3.63, 3.8) is 0 Å². The number of nitrogens with one attached hydrogen (secondary N) is 2. The smallest absolute Gasteiger partial charge is 0.422 e. The molecule has 202 valence electrons. The maximum Gasteiger partial charge on any atom is 0.422 e. The van der Waals surface area contributed by atoms with E-state index in [0.29, 0.717) is 17.5 Å². The molecule has 1 aliphatic heterocycles. The minimum atomic E-state index is -4.48. The van der Waals surface area contributed by atoms with Crippen LogP contribution >= 0.6 is 0 Å². The van der Waals surface area contributed by atoms with Crippen molar-refractivity contribution in [1.82, 2.24) is 25.4 Å². The number of amides is 3. The number of nitrogens with zero attached hydrogens (tertiary/aromatic N) is 4. The predicted molar refractivity (Wildman–Crippen MR) is 129 cm³/mol. The Morgan fingerprint density at radius 2 is 2.08 bits per heavy atom. The second kappa shape index (κ2) is 10.8. The van der Waals surface area contributed by atoms with Gasteiger partial charge in [-0.3, -0.25) is 14.4 Å². The number of hydrogen-bond donors (Lipinski definition) is 3. The van der Waals surface area contributed by atoms with Crippen LogP contribution in [0.2, 0.25) is 0 Å². The number of nitrogens with two attached hydrogens (primary N) is 1. The van der Waals surface area contributed by atoms with Crippen LogP contribution < -0.4 is 21.1 Å². The SMILES string of the molecule is CCc1cc(OCC(F)(F)F)ccc1C1Cc2nn(-c3ccc(C#N)cn3)c(C(=O)NCC(N)=O)c2C(=O)N1. The van der Waals surface area contributed by atoms with Crippen LogP contribution in [-0.2, 0) is 17.6 Å². The summed E-state index contributed by atoms with van der Waals surface area (Å²) < 4.78 is 43.7. The van der Waals surface area contributed by atoms with E-state index < -0.39 is 43.1 Å². The number of fused-ring (bicyclic) bond motifs is 1. The van der Waals surface area contributed by atoms with Crippen LogP contribution in [0.3, 0.4) is 0 Å². The largest absolute Gasteiger partial charge is 0.484 e. The highest BCUT2D eigenvalue weighted by Crippen LogP contribution is 2.32. The quantitative estimate of drug-likeness (QED) is 0.392. The van der Waals surface area contributed by atoms with Gasteiger partial charge in [0, 0.05) is 12.6 Å². The van der Waals surface area contributed by atoms with E-state index in [0.717, 1.165) is 4.68 Å². The molecule has 0 spiro atoms. The van der Waals surface area contributed by atoms with Crippen molar-refractivity contribution in [3.05, 3.63) is 70.2 Å². The van der Waals surface area contributed by atoms with Crippen molar-refractivity contribution in [2.45, 2.75) is 32.0 Å². The number of nitriles is 1. The number of halogens is 3. The molecule has 1 unspecified atom stereocenters. The van der Waals surface area contributed by atoms with Gasteiger partial charge < -0.3 is 21.1 Å². The minimum absolute atomic E-state index is 0.0254. The molecule has 3 aromatic rings. The Labute approximate surface area is 219 Å². The molecule has 11 nitrogen and oxygen atoms in total. The summed E-state index contributed by atoms with van der Waals surface area (Å²) in [5.41, 5.74) is 6.78. The van der Waals surface area contributed by atoms with Crippen LogP contribution in [-0.4, -0.2) is 51.8 Å². The van der Waals surface area contributed by atoms with Gasteiger partial charge in [-0.15, -0.1) is 0 Å². The maximum atomic E-state index is 13.3. The molecule has 14 heteroatoms. The lowest BCUT2D eigenvalue weighted by atomic mass is 9.91. The van der Waals surface area contributed by atoms with Crippen LogP contribution in [0.5, 0.6) is 5.75 Å². The minimum Gasteiger partial charge on any atom is -0.484 e. The normalized spacial score (nSPS) is 14.6. The number of rotatable bonds is 8. The van der Waals surface area contributed by atoms with Crippen LogP contribution in [0, 0.1) is 11.3 Å². The van der Waals surface area contributed by atoms with Gasteiger partial charge in [0.2, 0.25) is 5.91 Å². The molecule has 39 heavy (non-hydrogen) atoms. The van der Waals surface area contributed by atoms with Crippen molar-refractivity contribution in [2.24, 2.45) is 5.73 Å². The first kappa shape index (κ1) is 27.1. The van der Waals surface area contributed by atoms with Crippen LogP contribution in [0.1, 0.15) is 56.2 Å². The zero-order valence-corrected chi connectivity index (χ0v) is 20.5. The Bertz CT molecular complexity index is 1480. The third-order valence-electron chi connectivity index (χ3n) is 5.89. The van der Waals surface area contributed by atoms with E-state index >= 15 is 0 Å². The molecule has 0 fully saturated rings. The zero-order chi connectivity index (χ0) is 28.3. The van der Waals surface area contributed by atoms with E-state index in [1.807, 2.05) is 13.0 Å². The molecule has 1 atom stereocenters. The molecule has 0 radical (unpaired) electrons. The molecule has 0 saturated carbocycles. The Balaban J connectivity index is 1.72. The van der Waals surface area contributed by atoms with Gasteiger partial charge in [-0.2, -0.15) is 23.5 Å². The van der Waals surface area contributed by atoms with Crippen molar-refractivity contribution < 1.29 is 32.3 Å². The summed E-state index contributed by atoms with van der Waals surface area (Å²) in [4.78, 5) is 41.7. The second-order valence-electron chi connectivity index (χ2n) is 8.60. The van der Waals surface area contributed by atoms with Gasteiger partial charge in [-0.1, -0.05) is 13.0 Å². The average molecular weight is 541 g/mol. The first-order valence-electron chi connectivity index (χ1n) is 11.7. The van der Waals surface area contributed by atoms with Crippen molar-refractivity contribution >= 4 is 17.7 Å². The van der Waals surface area contributed by atoms with Crippen LogP contribution in [0.15, 0.2) is 36.5 Å². The summed E-state index contributed by atoms with van der Waals surface area (Å²) in [6.07, 6.45) is -2.61. The van der Waals surface area contributed by atoms with Gasteiger partial charge in [0.1, 0.15) is 17.5 Å². The van der Waals surface area contributed by atoms with Gasteiger partial charge in [-0.05, 0) is 41.8 Å². The van der Waals surface area contributed by atoms with Crippen LogP contribution in [0.25, 0.3) is 5.82 Å². The number of hydrogen-bond acceptors (Lipinski definition) is 7. The van der Waals surface area contributed by atoms with Gasteiger partial charge in [-0.25, -0.2) is 9.67 Å². The Morgan fingerprint density at radius 3 is 2.69 bits per heavy atom. The molecule has 1 aromatic carbocycles. The summed E-state index contributed by atoms with van der Waals surface area (Å²) in [6.45, 7) is -0.0954. The number of carbonyl (C=O) groups is 3. The standard InChI is InChI=1S/C25H22F3N7O4/c1-2-14-7-15(39-12-25(26,27)28)4-5-16(14)17-8-18-21(23(37)33-17)22(24(38)32-11-19(30)36)35(34-18)20-6-3-13(9-29)10-31-20/h3-7,10,17H,2,8,11-12H2,1H3,(H2,30,36)(H,32,38)(H,33,37). The fourth-order valence-electron chi connectivity index (χ4n) is 4.19. The molecule has 2 aromatic heterocycles. The third-order valence-corrected chi connectivity index (χ3v) is 5.89. The first-order valence-corrected chi connectivity index (χ1v) is 11.7. The van der Waals surface area contributed by atoms with Gasteiger partial charge in [0.25, 0.3) is 11.8 Å². The second-order valence-corrected chi connectivity index (χ2v) is 8.60. The molecule has 0 saturated heterocycles. The Kier molecular flexibility index (Phi) is 7.52. The Hall–Kier alpha value is -4.93. The highest BCUT2D eigenvalue weighted by molar-refractivity contribution is 6.08. The van der Waals surface area contributed by atoms with Gasteiger partial charge in [0.15, 0.2) is 12.4 Å². The van der Waals surface area contributed by atoms with E-state index in [1.54, 1.807) is 6.07 Å². The molecule has 3 amide bonds. The third kappa shape index (κ3) is 5.98. The molecule has 0 bridgehead atoms. The number of aromatic nitrogens is 3. The molecule has 4 rings (SSSR count). The summed E-state index contributed by atoms with van der Waals surface area (Å²) >= 11 is 0. The number of ether oxygens (including phenoxy) is 1. The molecule has 4 N–H and O–H groups in total. The highest BCUT2D eigenvalue weighted by atomic mass is 19.4. The number of primary amides is 1. The molecule has 3 heterocycles. The molecular formula is C25H22F3N7O4. The molecule has 0 aliphatic carbocycles. The van der Waals surface area contributed by atoms with Crippen molar-refractivity contribution in [2.75, 3.05) is 13.2 Å². The highest BCUT2D eigenvalue weighted by Gasteiger charge is 2.36. The lowest BCUT2D eigenvalue weighted by molar-refractivity contribution is -0.153. The summed E-state index contributed by atoms with van der Waals surface area (Å²) in [6, 6.07) is 8.72. The summed E-state index contributed by atoms with van der Waals surface area (Å²) in [5, 5.41) is 18.7. The van der Waals surface area contributed by atoms with Gasteiger partial charge >= 0.3 is 6.18 Å². The van der Waals surface area contributed by atoms with Crippen molar-refractivity contribution in [3.8, 4) is 17.6 Å². The topological polar surface area (TPSA) is 165 Å². The van der Waals surface area contributed by atoms with E-state index in [9.17, 15) is 27.6 Å². The lowest BCUT2D eigenvalue weighted by Gasteiger charge is -2.25. The van der Waals surface area contributed by atoms with E-state index in [-0.39, 0.29) is 40.5 Å². The average Bonchev–Trinajstić information content (AvgIpc) is 3.30. The maximum absolute atomic E-state index is 13.3. The monoisotopic (exact) mass is 541 g/mol. The predicted octanol–water partition coefficient (Wildman–Crippen LogP) is 1.88. The fraction of sp³-hybridized carbons (Fsp3) is 0.280. The number of carbonyl (C=O) groups excluding carboxylic acids is 3.